The average Bonchev–Trinajstić information content (AvgIpc) is 2.92. The predicted molar refractivity (Wildman–Crippen MR) is 117 cm³/mol. The Hall–Kier alpha value is -2.34. The fraction of sp³-hybridized carbons (Fsp3) is 0.308. The van der Waals surface area contributed by atoms with Crippen LogP contribution in [0.1, 0.15) is 58.2 Å². The fourth-order valence-electron chi connectivity index (χ4n) is 3.66. The SMILES string of the molecule is CC.CC.Cc1ccc2c(c1)C(C)(C)c1cc(-c3ccccc3)ccc1-2. The number of fused-ring (bicyclic) bond motifs is 3. The summed E-state index contributed by atoms with van der Waals surface area (Å²) in [5, 5.41) is 0. The van der Waals surface area contributed by atoms with E-state index in [0.29, 0.717) is 0 Å². The van der Waals surface area contributed by atoms with Crippen LogP contribution in [0.2, 0.25) is 0 Å². The van der Waals surface area contributed by atoms with Crippen molar-refractivity contribution < 1.29 is 0 Å². The summed E-state index contributed by atoms with van der Waals surface area (Å²) in [6, 6.07) is 24.4. The largest absolute Gasteiger partial charge is 0.0683 e. The zero-order chi connectivity index (χ0) is 19.3. The van der Waals surface area contributed by atoms with Crippen LogP contribution in [0.3, 0.4) is 0 Å². The minimum absolute atomic E-state index is 0.0709. The Balaban J connectivity index is 0.000000570. The molecule has 3 aromatic carbocycles. The van der Waals surface area contributed by atoms with Crippen molar-refractivity contribution in [2.24, 2.45) is 0 Å². The van der Waals surface area contributed by atoms with E-state index in [1.54, 1.807) is 0 Å². The molecular weight excluding hydrogens is 312 g/mol. The molecule has 3 aromatic rings. The normalized spacial score (nSPS) is 12.7. The van der Waals surface area contributed by atoms with Crippen LogP contribution in [-0.4, -0.2) is 0 Å². The molecule has 0 radical (unpaired) electrons. The van der Waals surface area contributed by atoms with Gasteiger partial charge >= 0.3 is 0 Å². The topological polar surface area (TPSA) is 0 Å². The van der Waals surface area contributed by atoms with Gasteiger partial charge in [0.15, 0.2) is 0 Å². The Labute approximate surface area is 159 Å². The van der Waals surface area contributed by atoms with Crippen molar-refractivity contribution in [1.29, 1.82) is 0 Å². The van der Waals surface area contributed by atoms with E-state index in [4.69, 9.17) is 0 Å². The van der Waals surface area contributed by atoms with Gasteiger partial charge in [0.2, 0.25) is 0 Å². The van der Waals surface area contributed by atoms with E-state index in [9.17, 15) is 0 Å². The number of benzene rings is 3. The first-order valence-corrected chi connectivity index (χ1v) is 9.89. The Bertz CT molecular complexity index is 854. The summed E-state index contributed by atoms with van der Waals surface area (Å²) in [7, 11) is 0. The van der Waals surface area contributed by atoms with Gasteiger partial charge in [0.25, 0.3) is 0 Å². The van der Waals surface area contributed by atoms with Crippen molar-refractivity contribution in [3.8, 4) is 22.3 Å². The van der Waals surface area contributed by atoms with Crippen molar-refractivity contribution in [2.75, 3.05) is 0 Å². The van der Waals surface area contributed by atoms with Gasteiger partial charge in [0.05, 0.1) is 0 Å². The van der Waals surface area contributed by atoms with Crippen LogP contribution in [0.4, 0.5) is 0 Å². The maximum atomic E-state index is 2.38. The molecule has 0 N–H and O–H groups in total. The summed E-state index contributed by atoms with van der Waals surface area (Å²) < 4.78 is 0. The maximum Gasteiger partial charge on any atom is 0.0159 e. The molecule has 1 aliphatic rings. The molecule has 0 nitrogen and oxygen atoms in total. The van der Waals surface area contributed by atoms with E-state index in [2.05, 4.69) is 87.5 Å². The summed E-state index contributed by atoms with van der Waals surface area (Å²) in [6.45, 7) is 14.9. The molecule has 1 aliphatic carbocycles. The third-order valence-corrected chi connectivity index (χ3v) is 4.94. The summed E-state index contributed by atoms with van der Waals surface area (Å²) in [6.07, 6.45) is 0. The van der Waals surface area contributed by atoms with Gasteiger partial charge < -0.3 is 0 Å². The number of hydrogen-bond acceptors (Lipinski definition) is 0. The van der Waals surface area contributed by atoms with Crippen LogP contribution in [0.25, 0.3) is 22.3 Å². The lowest BCUT2D eigenvalue weighted by molar-refractivity contribution is 0.660. The Morgan fingerprint density at radius 3 is 1.73 bits per heavy atom. The third kappa shape index (κ3) is 3.46. The minimum Gasteiger partial charge on any atom is -0.0683 e. The van der Waals surface area contributed by atoms with Gasteiger partial charge in [-0.25, -0.2) is 0 Å². The molecule has 0 unspecified atom stereocenters. The molecule has 4 rings (SSSR count). The second-order valence-corrected chi connectivity index (χ2v) is 6.80. The maximum absolute atomic E-state index is 2.38. The lowest BCUT2D eigenvalue weighted by Gasteiger charge is -2.22. The van der Waals surface area contributed by atoms with E-state index in [1.807, 2.05) is 27.7 Å². The Morgan fingerprint density at radius 1 is 0.577 bits per heavy atom. The van der Waals surface area contributed by atoms with Gasteiger partial charge in [-0.2, -0.15) is 0 Å². The summed E-state index contributed by atoms with van der Waals surface area (Å²) >= 11 is 0. The van der Waals surface area contributed by atoms with Crippen molar-refractivity contribution in [1.82, 2.24) is 0 Å². The summed E-state index contributed by atoms with van der Waals surface area (Å²) in [5.41, 5.74) is 9.67. The molecule has 0 bridgehead atoms. The Kier molecular flexibility index (Phi) is 6.42. The molecule has 0 heterocycles. The van der Waals surface area contributed by atoms with Crippen LogP contribution in [0.15, 0.2) is 66.7 Å². The minimum atomic E-state index is 0.0709. The van der Waals surface area contributed by atoms with E-state index < -0.39 is 0 Å². The van der Waals surface area contributed by atoms with Crippen LogP contribution in [-0.2, 0) is 5.41 Å². The average molecular weight is 345 g/mol. The van der Waals surface area contributed by atoms with Crippen LogP contribution in [0, 0.1) is 6.92 Å². The molecule has 0 saturated carbocycles. The zero-order valence-corrected chi connectivity index (χ0v) is 17.4. The van der Waals surface area contributed by atoms with E-state index in [1.165, 1.54) is 38.9 Å². The fourth-order valence-corrected chi connectivity index (χ4v) is 3.66. The lowest BCUT2D eigenvalue weighted by atomic mass is 9.81. The molecule has 0 aliphatic heterocycles. The molecule has 0 spiro atoms. The van der Waals surface area contributed by atoms with Gasteiger partial charge in [-0.05, 0) is 46.4 Å². The number of rotatable bonds is 1. The quantitative estimate of drug-likeness (QED) is 0.419. The Morgan fingerprint density at radius 2 is 1.12 bits per heavy atom. The van der Waals surface area contributed by atoms with Gasteiger partial charge in [0.1, 0.15) is 0 Å². The van der Waals surface area contributed by atoms with Crippen molar-refractivity contribution in [3.05, 3.63) is 83.4 Å². The van der Waals surface area contributed by atoms with Gasteiger partial charge in [-0.15, -0.1) is 0 Å². The van der Waals surface area contributed by atoms with Gasteiger partial charge in [-0.1, -0.05) is 108 Å². The van der Waals surface area contributed by atoms with E-state index in [0.717, 1.165) is 0 Å². The first-order chi connectivity index (χ1) is 12.6. The summed E-state index contributed by atoms with van der Waals surface area (Å²) in [4.78, 5) is 0. The number of aryl methyl sites for hydroxylation is 1. The smallest absolute Gasteiger partial charge is 0.0159 e. The first kappa shape index (κ1) is 20.0. The molecule has 0 saturated heterocycles. The van der Waals surface area contributed by atoms with Crippen LogP contribution in [0.5, 0.6) is 0 Å². The van der Waals surface area contributed by atoms with Crippen molar-refractivity contribution in [3.63, 3.8) is 0 Å². The van der Waals surface area contributed by atoms with Gasteiger partial charge in [0, 0.05) is 5.41 Å². The third-order valence-electron chi connectivity index (χ3n) is 4.94. The second kappa shape index (κ2) is 8.36. The predicted octanol–water partition coefficient (Wildman–Crippen LogP) is 8.02. The van der Waals surface area contributed by atoms with Crippen LogP contribution >= 0.6 is 0 Å². The first-order valence-electron chi connectivity index (χ1n) is 9.89. The van der Waals surface area contributed by atoms with E-state index in [-0.39, 0.29) is 5.41 Å². The highest BCUT2D eigenvalue weighted by molar-refractivity contribution is 5.83. The highest BCUT2D eigenvalue weighted by atomic mass is 14.4. The summed E-state index contributed by atoms with van der Waals surface area (Å²) in [5.74, 6) is 0. The van der Waals surface area contributed by atoms with Crippen LogP contribution < -0.4 is 0 Å². The zero-order valence-electron chi connectivity index (χ0n) is 17.4. The standard InChI is InChI=1S/C22H20.2C2H6/c1-15-9-11-18-19-12-10-17(16-7-5-4-6-8-16)14-21(19)22(2,3)20(18)13-15;2*1-2/h4-14H,1-3H3;2*1-2H3. The molecule has 136 valence electrons. The highest BCUT2D eigenvalue weighted by Crippen LogP contribution is 2.49. The molecule has 0 amide bonds. The molecule has 0 aromatic heterocycles. The monoisotopic (exact) mass is 344 g/mol. The van der Waals surface area contributed by atoms with E-state index >= 15 is 0 Å². The highest BCUT2D eigenvalue weighted by Gasteiger charge is 2.35. The number of hydrogen-bond donors (Lipinski definition) is 0. The van der Waals surface area contributed by atoms with Gasteiger partial charge in [-0.3, -0.25) is 0 Å². The lowest BCUT2D eigenvalue weighted by Crippen LogP contribution is -2.15. The molecule has 0 fully saturated rings. The molecular formula is C26H32. The molecule has 0 heteroatoms. The van der Waals surface area contributed by atoms with Crippen molar-refractivity contribution >= 4 is 0 Å². The second-order valence-electron chi connectivity index (χ2n) is 6.80. The van der Waals surface area contributed by atoms with Crippen molar-refractivity contribution in [2.45, 2.75) is 53.9 Å². The molecule has 26 heavy (non-hydrogen) atoms. The molecule has 0 atom stereocenters.